The molecule has 0 radical (unpaired) electrons. The Labute approximate surface area is 212 Å². The summed E-state index contributed by atoms with van der Waals surface area (Å²) in [5, 5.41) is 5.95. The van der Waals surface area contributed by atoms with Crippen molar-refractivity contribution in [3.8, 4) is 17.2 Å². The van der Waals surface area contributed by atoms with Gasteiger partial charge in [0.2, 0.25) is 0 Å². The van der Waals surface area contributed by atoms with E-state index in [1.807, 2.05) is 54.6 Å². The maximum Gasteiger partial charge on any atom is 0.257 e. The van der Waals surface area contributed by atoms with Crippen molar-refractivity contribution in [1.82, 2.24) is 5.32 Å². The minimum Gasteiger partial charge on any atom is -0.494 e. The number of carbonyl (C=O) groups is 1. The Bertz CT molecular complexity index is 1080. The molecule has 0 spiro atoms. The third-order valence-electron chi connectivity index (χ3n) is 5.05. The van der Waals surface area contributed by atoms with Crippen LogP contribution in [0.5, 0.6) is 17.2 Å². The fraction of sp³-hybridized carbons (Fsp3) is 0.286. The lowest BCUT2D eigenvalue weighted by Gasteiger charge is -2.12. The van der Waals surface area contributed by atoms with Gasteiger partial charge >= 0.3 is 0 Å². The number of hydrogen-bond acceptors (Lipinski definition) is 5. The molecule has 0 fully saturated rings. The molecule has 0 saturated heterocycles. The zero-order valence-electron chi connectivity index (χ0n) is 20.0. The highest BCUT2D eigenvalue weighted by Crippen LogP contribution is 2.18. The molecular formula is C28H32N2O4S. The van der Waals surface area contributed by atoms with Gasteiger partial charge in [0.15, 0.2) is 5.11 Å². The average molecular weight is 493 g/mol. The van der Waals surface area contributed by atoms with E-state index in [9.17, 15) is 4.79 Å². The van der Waals surface area contributed by atoms with Gasteiger partial charge in [0, 0.05) is 17.3 Å². The van der Waals surface area contributed by atoms with Crippen LogP contribution >= 0.6 is 12.2 Å². The van der Waals surface area contributed by atoms with Crippen molar-refractivity contribution in [2.45, 2.75) is 32.6 Å². The SMILES string of the molecule is CCCCCCOc1cccc(NC(=S)NC(=O)c2cccc(OCCOc3ccccc3)c2)c1. The number of thiocarbonyl (C=S) groups is 1. The Hall–Kier alpha value is -3.58. The molecule has 7 heteroatoms. The van der Waals surface area contributed by atoms with Gasteiger partial charge in [-0.05, 0) is 61.1 Å². The van der Waals surface area contributed by atoms with Gasteiger partial charge in [0.05, 0.1) is 6.61 Å². The van der Waals surface area contributed by atoms with Crippen molar-refractivity contribution in [1.29, 1.82) is 0 Å². The first-order valence-electron chi connectivity index (χ1n) is 11.9. The van der Waals surface area contributed by atoms with Crippen molar-refractivity contribution >= 4 is 28.9 Å². The molecule has 0 aliphatic heterocycles. The maximum atomic E-state index is 12.7. The van der Waals surface area contributed by atoms with Crippen molar-refractivity contribution in [3.63, 3.8) is 0 Å². The fourth-order valence-corrected chi connectivity index (χ4v) is 3.49. The summed E-state index contributed by atoms with van der Waals surface area (Å²) in [5.41, 5.74) is 1.19. The third-order valence-corrected chi connectivity index (χ3v) is 5.25. The Balaban J connectivity index is 1.43. The zero-order valence-corrected chi connectivity index (χ0v) is 20.8. The summed E-state index contributed by atoms with van der Waals surface area (Å²) in [6, 6.07) is 24.0. The van der Waals surface area contributed by atoms with E-state index in [0.29, 0.717) is 31.1 Å². The second-order valence-electron chi connectivity index (χ2n) is 7.88. The van der Waals surface area contributed by atoms with E-state index in [1.54, 1.807) is 24.3 Å². The average Bonchev–Trinajstić information content (AvgIpc) is 2.87. The smallest absolute Gasteiger partial charge is 0.257 e. The van der Waals surface area contributed by atoms with Gasteiger partial charge in [0.25, 0.3) is 5.91 Å². The fourth-order valence-electron chi connectivity index (χ4n) is 3.28. The van der Waals surface area contributed by atoms with Crippen LogP contribution in [-0.2, 0) is 0 Å². The number of unbranched alkanes of at least 4 members (excludes halogenated alkanes) is 3. The van der Waals surface area contributed by atoms with E-state index >= 15 is 0 Å². The Morgan fingerprint density at radius 1 is 0.743 bits per heavy atom. The van der Waals surface area contributed by atoms with Crippen molar-refractivity contribution in [2.24, 2.45) is 0 Å². The zero-order chi connectivity index (χ0) is 24.7. The number of benzene rings is 3. The molecular weight excluding hydrogens is 460 g/mol. The Morgan fingerprint density at radius 3 is 2.17 bits per heavy atom. The summed E-state index contributed by atoms with van der Waals surface area (Å²) in [4.78, 5) is 12.7. The third kappa shape index (κ3) is 9.66. The number of nitrogens with one attached hydrogen (secondary N) is 2. The van der Waals surface area contributed by atoms with E-state index < -0.39 is 0 Å². The summed E-state index contributed by atoms with van der Waals surface area (Å²) in [6.07, 6.45) is 4.61. The maximum absolute atomic E-state index is 12.7. The first kappa shape index (κ1) is 26.0. The van der Waals surface area contributed by atoms with Gasteiger partial charge in [-0.15, -0.1) is 0 Å². The molecule has 0 saturated carbocycles. The molecule has 0 aliphatic rings. The predicted molar refractivity (Wildman–Crippen MR) is 144 cm³/mol. The Kier molecular flexibility index (Phi) is 10.9. The van der Waals surface area contributed by atoms with Crippen molar-refractivity contribution in [2.75, 3.05) is 25.1 Å². The van der Waals surface area contributed by atoms with Gasteiger partial charge in [-0.1, -0.05) is 56.5 Å². The molecule has 3 rings (SSSR count). The standard InChI is InChI=1S/C28H32N2O4S/c1-2-3-4-8-17-32-26-16-10-12-23(21-26)29-28(35)30-27(31)22-11-9-15-25(20-22)34-19-18-33-24-13-6-5-7-14-24/h5-7,9-16,20-21H,2-4,8,17-19H2,1H3,(H2,29,30,31,35). The molecule has 35 heavy (non-hydrogen) atoms. The first-order chi connectivity index (χ1) is 17.1. The van der Waals surface area contributed by atoms with Crippen LogP contribution in [0, 0.1) is 0 Å². The summed E-state index contributed by atoms with van der Waals surface area (Å²) >= 11 is 5.32. The highest BCUT2D eigenvalue weighted by atomic mass is 32.1. The number of hydrogen-bond donors (Lipinski definition) is 2. The molecule has 1 amide bonds. The normalized spacial score (nSPS) is 10.3. The van der Waals surface area contributed by atoms with Gasteiger partial charge in [0.1, 0.15) is 30.5 Å². The quantitative estimate of drug-likeness (QED) is 0.218. The second-order valence-corrected chi connectivity index (χ2v) is 8.29. The van der Waals surface area contributed by atoms with E-state index in [1.165, 1.54) is 12.8 Å². The summed E-state index contributed by atoms with van der Waals surface area (Å²) in [7, 11) is 0. The van der Waals surface area contributed by atoms with E-state index in [2.05, 4.69) is 17.6 Å². The van der Waals surface area contributed by atoms with Crippen molar-refractivity contribution in [3.05, 3.63) is 84.4 Å². The monoisotopic (exact) mass is 492 g/mol. The van der Waals surface area contributed by atoms with Crippen LogP contribution in [0.1, 0.15) is 43.0 Å². The largest absolute Gasteiger partial charge is 0.494 e. The predicted octanol–water partition coefficient (Wildman–Crippen LogP) is 6.23. The molecule has 0 bridgehead atoms. The summed E-state index contributed by atoms with van der Waals surface area (Å²) < 4.78 is 17.2. The lowest BCUT2D eigenvalue weighted by Crippen LogP contribution is -2.34. The summed E-state index contributed by atoms with van der Waals surface area (Å²) in [5.74, 6) is 1.81. The number of amides is 1. The summed E-state index contributed by atoms with van der Waals surface area (Å²) in [6.45, 7) is 3.63. The van der Waals surface area contributed by atoms with Crippen LogP contribution in [0.4, 0.5) is 5.69 Å². The molecule has 184 valence electrons. The molecule has 2 N–H and O–H groups in total. The van der Waals surface area contributed by atoms with E-state index in [0.717, 1.165) is 30.0 Å². The first-order valence-corrected chi connectivity index (χ1v) is 12.3. The van der Waals surface area contributed by atoms with Crippen molar-refractivity contribution < 1.29 is 19.0 Å². The van der Waals surface area contributed by atoms with Crippen LogP contribution in [-0.4, -0.2) is 30.8 Å². The van der Waals surface area contributed by atoms with Crippen LogP contribution < -0.4 is 24.8 Å². The molecule has 0 aromatic heterocycles. The van der Waals surface area contributed by atoms with Gasteiger partial charge in [-0.3, -0.25) is 10.1 Å². The molecule has 0 unspecified atom stereocenters. The van der Waals surface area contributed by atoms with Gasteiger partial charge < -0.3 is 19.5 Å². The van der Waals surface area contributed by atoms with E-state index in [4.69, 9.17) is 26.4 Å². The number of ether oxygens (including phenoxy) is 3. The lowest BCUT2D eigenvalue weighted by molar-refractivity contribution is 0.0977. The number of carbonyl (C=O) groups excluding carboxylic acids is 1. The lowest BCUT2D eigenvalue weighted by atomic mass is 10.2. The molecule has 0 heterocycles. The van der Waals surface area contributed by atoms with Gasteiger partial charge in [-0.25, -0.2) is 0 Å². The second kappa shape index (κ2) is 14.6. The molecule has 3 aromatic rings. The van der Waals surface area contributed by atoms with Crippen LogP contribution in [0.3, 0.4) is 0 Å². The van der Waals surface area contributed by atoms with Crippen LogP contribution in [0.25, 0.3) is 0 Å². The van der Waals surface area contributed by atoms with Gasteiger partial charge in [-0.2, -0.15) is 0 Å². The topological polar surface area (TPSA) is 68.8 Å². The highest BCUT2D eigenvalue weighted by molar-refractivity contribution is 7.80. The number of rotatable bonds is 13. The minimum atomic E-state index is -0.322. The van der Waals surface area contributed by atoms with Crippen LogP contribution in [0.15, 0.2) is 78.9 Å². The molecule has 3 aromatic carbocycles. The minimum absolute atomic E-state index is 0.206. The highest BCUT2D eigenvalue weighted by Gasteiger charge is 2.10. The van der Waals surface area contributed by atoms with Crippen LogP contribution in [0.2, 0.25) is 0 Å². The molecule has 0 atom stereocenters. The number of para-hydroxylation sites is 1. The number of anilines is 1. The van der Waals surface area contributed by atoms with E-state index in [-0.39, 0.29) is 11.0 Å². The molecule has 0 aliphatic carbocycles. The molecule has 6 nitrogen and oxygen atoms in total. The Morgan fingerprint density at radius 2 is 1.40 bits per heavy atom.